The number of aryl methyl sites for hydroxylation is 4. The summed E-state index contributed by atoms with van der Waals surface area (Å²) < 4.78 is 36.7. The predicted octanol–water partition coefficient (Wildman–Crippen LogP) is 3.33. The smallest absolute Gasteiger partial charge is 0.326 e. The van der Waals surface area contributed by atoms with E-state index >= 15 is 0 Å². The molecule has 12 nitrogen and oxygen atoms in total. The van der Waals surface area contributed by atoms with Gasteiger partial charge in [-0.3, -0.25) is 19.3 Å². The summed E-state index contributed by atoms with van der Waals surface area (Å²) in [7, 11) is -4.12. The lowest BCUT2D eigenvalue weighted by Gasteiger charge is -2.25. The van der Waals surface area contributed by atoms with Crippen molar-refractivity contribution < 1.29 is 22.7 Å². The summed E-state index contributed by atoms with van der Waals surface area (Å²) in [6.07, 6.45) is 3.58. The molecule has 3 aromatic rings. The maximum absolute atomic E-state index is 13.5. The SMILES string of the molecule is Cc1cc(C)c(S(=O)(=O)N[C@@H](CNC(=O)c2ccc3c(cnn3CCCNC3=NCCCN3)c2)C(=O)OC(C)(C)C)c(C)c1.I. The number of aliphatic imine (C=N–C) groups is 1. The Kier molecular flexibility index (Phi) is 12.4. The number of nitrogens with one attached hydrogen (secondary N) is 4. The lowest BCUT2D eigenvalue weighted by Crippen LogP contribution is -2.50. The van der Waals surface area contributed by atoms with Crippen LogP contribution in [0.1, 0.15) is 60.7 Å². The molecule has 4 N–H and O–H groups in total. The molecule has 1 aliphatic rings. The zero-order valence-electron chi connectivity index (χ0n) is 26.7. The third kappa shape index (κ3) is 9.87. The Morgan fingerprint density at radius 2 is 1.82 bits per heavy atom. The maximum atomic E-state index is 13.5. The Morgan fingerprint density at radius 1 is 1.11 bits per heavy atom. The van der Waals surface area contributed by atoms with Crippen molar-refractivity contribution in [3.8, 4) is 0 Å². The van der Waals surface area contributed by atoms with Crippen LogP contribution >= 0.6 is 24.0 Å². The van der Waals surface area contributed by atoms with Gasteiger partial charge in [-0.15, -0.1) is 24.0 Å². The number of ether oxygens (including phenoxy) is 1. The molecule has 0 fully saturated rings. The van der Waals surface area contributed by atoms with Gasteiger partial charge in [-0.25, -0.2) is 8.42 Å². The second-order valence-corrected chi connectivity index (χ2v) is 13.7. The first-order valence-corrected chi connectivity index (χ1v) is 16.3. The standard InChI is InChI=1S/C31H43N7O5S.HI/c1-20-15-21(2)27(22(3)16-20)44(41,42)37-25(29(40)43-31(4,5)6)19-35-28(39)23-9-10-26-24(17-23)18-36-38(26)14-8-13-34-30-32-11-7-12-33-30;/h9-10,15-18,25,37H,7-8,11-14,19H2,1-6H3,(H,35,39)(H2,32,33,34);1H/t25-;/m0./s1. The summed E-state index contributed by atoms with van der Waals surface area (Å²) in [6, 6.07) is 7.42. The molecule has 0 saturated carbocycles. The molecule has 0 unspecified atom stereocenters. The van der Waals surface area contributed by atoms with Gasteiger partial charge in [0, 0.05) is 43.7 Å². The molecule has 0 aliphatic carbocycles. The fraction of sp³-hybridized carbons (Fsp3) is 0.484. The second-order valence-electron chi connectivity index (χ2n) is 12.1. The Labute approximate surface area is 282 Å². The molecular formula is C31H44IN7O5S. The van der Waals surface area contributed by atoms with Gasteiger partial charge in [0.05, 0.1) is 16.6 Å². The number of hydrogen-bond donors (Lipinski definition) is 4. The number of amides is 1. The molecule has 4 rings (SSSR count). The number of rotatable bonds is 11. The lowest BCUT2D eigenvalue weighted by molar-refractivity contribution is -0.156. The third-order valence-electron chi connectivity index (χ3n) is 6.97. The van der Waals surface area contributed by atoms with Crippen molar-refractivity contribution >= 4 is 62.7 Å². The molecule has 0 radical (unpaired) electrons. The average molecular weight is 754 g/mol. The molecule has 0 bridgehead atoms. The Balaban J connectivity index is 0.00000552. The predicted molar refractivity (Wildman–Crippen MR) is 186 cm³/mol. The molecule has 2 heterocycles. The van der Waals surface area contributed by atoms with Crippen molar-refractivity contribution in [2.24, 2.45) is 4.99 Å². The van der Waals surface area contributed by atoms with E-state index in [0.29, 0.717) is 23.2 Å². The number of guanidine groups is 1. The van der Waals surface area contributed by atoms with Crippen LogP contribution < -0.4 is 20.7 Å². The number of fused-ring (bicyclic) bond motifs is 1. The van der Waals surface area contributed by atoms with Crippen molar-refractivity contribution in [1.82, 2.24) is 30.5 Å². The van der Waals surface area contributed by atoms with Gasteiger partial charge in [0.15, 0.2) is 5.96 Å². The van der Waals surface area contributed by atoms with Crippen LogP contribution in [-0.4, -0.2) is 73.9 Å². The van der Waals surface area contributed by atoms with Gasteiger partial charge in [0.25, 0.3) is 5.91 Å². The zero-order chi connectivity index (χ0) is 32.1. The number of carbonyl (C=O) groups excluding carboxylic acids is 2. The number of aromatic nitrogens is 2. The normalized spacial score (nSPS) is 14.1. The van der Waals surface area contributed by atoms with E-state index in [9.17, 15) is 18.0 Å². The van der Waals surface area contributed by atoms with Gasteiger partial charge in [-0.2, -0.15) is 9.82 Å². The molecule has 1 aliphatic heterocycles. The highest BCUT2D eigenvalue weighted by atomic mass is 127. The molecule has 14 heteroatoms. The van der Waals surface area contributed by atoms with Crippen LogP contribution in [0.15, 0.2) is 46.4 Å². The quantitative estimate of drug-likeness (QED) is 0.132. The monoisotopic (exact) mass is 753 g/mol. The highest BCUT2D eigenvalue weighted by Gasteiger charge is 2.32. The molecule has 1 amide bonds. The molecule has 1 atom stereocenters. The van der Waals surface area contributed by atoms with E-state index in [-0.39, 0.29) is 35.4 Å². The minimum absolute atomic E-state index is 0. The van der Waals surface area contributed by atoms with Gasteiger partial charge in [-0.05, 0) is 83.7 Å². The number of halogens is 1. The fourth-order valence-electron chi connectivity index (χ4n) is 5.17. The van der Waals surface area contributed by atoms with E-state index in [4.69, 9.17) is 4.74 Å². The van der Waals surface area contributed by atoms with Crippen LogP contribution in [0.5, 0.6) is 0 Å². The fourth-order valence-corrected chi connectivity index (χ4v) is 6.81. The van der Waals surface area contributed by atoms with E-state index in [1.54, 1.807) is 65.1 Å². The van der Waals surface area contributed by atoms with Gasteiger partial charge < -0.3 is 20.7 Å². The van der Waals surface area contributed by atoms with E-state index in [0.717, 1.165) is 54.9 Å². The van der Waals surface area contributed by atoms with Crippen LogP contribution in [0, 0.1) is 20.8 Å². The number of sulfonamides is 1. The Hall–Kier alpha value is -3.24. The van der Waals surface area contributed by atoms with E-state index in [1.807, 2.05) is 17.7 Å². The van der Waals surface area contributed by atoms with E-state index in [1.165, 1.54) is 0 Å². The molecule has 2 aromatic carbocycles. The largest absolute Gasteiger partial charge is 0.459 e. The number of nitrogens with zero attached hydrogens (tertiary/aromatic N) is 3. The van der Waals surface area contributed by atoms with Crippen molar-refractivity contribution in [3.05, 3.63) is 58.8 Å². The average Bonchev–Trinajstić information content (AvgIpc) is 3.34. The first-order valence-electron chi connectivity index (χ1n) is 14.8. The molecular weight excluding hydrogens is 709 g/mol. The topological polar surface area (TPSA) is 156 Å². The summed E-state index contributed by atoms with van der Waals surface area (Å²) in [5.74, 6) is -0.416. The van der Waals surface area contributed by atoms with Crippen LogP contribution in [0.3, 0.4) is 0 Å². The summed E-state index contributed by atoms with van der Waals surface area (Å²) in [4.78, 5) is 30.8. The molecule has 0 saturated heterocycles. The number of hydrogen-bond acceptors (Lipinski definition) is 9. The number of carbonyl (C=O) groups is 2. The minimum Gasteiger partial charge on any atom is -0.459 e. The first-order chi connectivity index (χ1) is 20.7. The van der Waals surface area contributed by atoms with Crippen molar-refractivity contribution in [2.75, 3.05) is 26.2 Å². The maximum Gasteiger partial charge on any atom is 0.326 e. The van der Waals surface area contributed by atoms with Crippen LogP contribution in [0.2, 0.25) is 0 Å². The van der Waals surface area contributed by atoms with Gasteiger partial charge in [-0.1, -0.05) is 17.7 Å². The lowest BCUT2D eigenvalue weighted by atomic mass is 10.1. The Morgan fingerprint density at radius 3 is 2.47 bits per heavy atom. The van der Waals surface area contributed by atoms with Gasteiger partial charge in [0.1, 0.15) is 11.6 Å². The summed E-state index contributed by atoms with van der Waals surface area (Å²) in [5.41, 5.74) is 2.43. The van der Waals surface area contributed by atoms with Gasteiger partial charge in [0.2, 0.25) is 10.0 Å². The second kappa shape index (κ2) is 15.4. The van der Waals surface area contributed by atoms with E-state index < -0.39 is 33.5 Å². The first kappa shape index (κ1) is 36.2. The highest BCUT2D eigenvalue weighted by Crippen LogP contribution is 2.22. The molecule has 246 valence electrons. The molecule has 45 heavy (non-hydrogen) atoms. The molecule has 1 aromatic heterocycles. The highest BCUT2D eigenvalue weighted by molar-refractivity contribution is 14.0. The van der Waals surface area contributed by atoms with Gasteiger partial charge >= 0.3 is 5.97 Å². The van der Waals surface area contributed by atoms with Crippen molar-refractivity contribution in [2.45, 2.75) is 77.5 Å². The number of benzene rings is 2. The zero-order valence-corrected chi connectivity index (χ0v) is 29.8. The van der Waals surface area contributed by atoms with Crippen molar-refractivity contribution in [3.63, 3.8) is 0 Å². The summed E-state index contributed by atoms with van der Waals surface area (Å²) in [6.45, 7) is 13.3. The van der Waals surface area contributed by atoms with Crippen molar-refractivity contribution in [1.29, 1.82) is 0 Å². The van der Waals surface area contributed by atoms with E-state index in [2.05, 4.69) is 30.8 Å². The minimum atomic E-state index is -4.12. The third-order valence-corrected chi connectivity index (χ3v) is 8.75. The molecule has 0 spiro atoms. The Bertz CT molecular complexity index is 1640. The number of esters is 1. The summed E-state index contributed by atoms with van der Waals surface area (Å²) in [5, 5.41) is 14.5. The summed E-state index contributed by atoms with van der Waals surface area (Å²) >= 11 is 0. The van der Waals surface area contributed by atoms with Crippen LogP contribution in [-0.2, 0) is 26.1 Å². The van der Waals surface area contributed by atoms with Crippen LogP contribution in [0.25, 0.3) is 10.9 Å². The van der Waals surface area contributed by atoms with Crippen LogP contribution in [0.4, 0.5) is 0 Å².